The molecule has 0 spiro atoms. The second-order valence-corrected chi connectivity index (χ2v) is 5.77. The first kappa shape index (κ1) is 18.2. The summed E-state index contributed by atoms with van der Waals surface area (Å²) in [6, 6.07) is 14.2. The molecule has 3 rings (SSSR count). The number of carbonyl (C=O) groups is 1. The maximum Gasteiger partial charge on any atom is 0.255 e. The van der Waals surface area contributed by atoms with Gasteiger partial charge in [-0.2, -0.15) is 0 Å². The van der Waals surface area contributed by atoms with Crippen LogP contribution in [0.2, 0.25) is 0 Å². The van der Waals surface area contributed by atoms with Gasteiger partial charge in [0, 0.05) is 28.7 Å². The molecule has 27 heavy (non-hydrogen) atoms. The largest absolute Gasteiger partial charge is 0.493 e. The van der Waals surface area contributed by atoms with Crippen LogP contribution in [0.4, 0.5) is 17.2 Å². The van der Waals surface area contributed by atoms with Crippen LogP contribution in [0, 0.1) is 6.92 Å². The molecule has 2 N–H and O–H groups in total. The first-order chi connectivity index (χ1) is 13.1. The zero-order chi connectivity index (χ0) is 19.2. The lowest BCUT2D eigenvalue weighted by Crippen LogP contribution is -2.12. The maximum atomic E-state index is 12.5. The molecule has 138 valence electrons. The van der Waals surface area contributed by atoms with Gasteiger partial charge in [0.05, 0.1) is 14.2 Å². The highest BCUT2D eigenvalue weighted by molar-refractivity contribution is 6.04. The molecule has 0 aliphatic heterocycles. The van der Waals surface area contributed by atoms with Crippen LogP contribution >= 0.6 is 0 Å². The van der Waals surface area contributed by atoms with E-state index in [0.717, 1.165) is 11.4 Å². The summed E-state index contributed by atoms with van der Waals surface area (Å²) in [5.74, 6) is 1.56. The summed E-state index contributed by atoms with van der Waals surface area (Å²) in [5, 5.41) is 6.05. The van der Waals surface area contributed by atoms with Crippen molar-refractivity contribution in [2.24, 2.45) is 0 Å². The number of methoxy groups -OCH3 is 2. The van der Waals surface area contributed by atoms with Crippen LogP contribution in [0.1, 0.15) is 16.1 Å². The normalized spacial score (nSPS) is 10.2. The summed E-state index contributed by atoms with van der Waals surface area (Å²) in [7, 11) is 3.08. The number of anilines is 3. The van der Waals surface area contributed by atoms with E-state index in [2.05, 4.69) is 20.6 Å². The Labute approximate surface area is 157 Å². The van der Waals surface area contributed by atoms with Gasteiger partial charge in [-0.3, -0.25) is 4.79 Å². The van der Waals surface area contributed by atoms with Crippen LogP contribution in [0.15, 0.2) is 54.9 Å². The van der Waals surface area contributed by atoms with Gasteiger partial charge in [0.1, 0.15) is 12.1 Å². The average Bonchev–Trinajstić information content (AvgIpc) is 2.69. The zero-order valence-corrected chi connectivity index (χ0v) is 15.3. The molecule has 1 aromatic heterocycles. The zero-order valence-electron chi connectivity index (χ0n) is 15.3. The van der Waals surface area contributed by atoms with Crippen molar-refractivity contribution in [2.75, 3.05) is 24.9 Å². The van der Waals surface area contributed by atoms with E-state index in [-0.39, 0.29) is 5.91 Å². The van der Waals surface area contributed by atoms with Crippen molar-refractivity contribution in [3.63, 3.8) is 0 Å². The Morgan fingerprint density at radius 2 is 1.59 bits per heavy atom. The van der Waals surface area contributed by atoms with Gasteiger partial charge in [-0.05, 0) is 49.4 Å². The predicted octanol–water partition coefficient (Wildman–Crippen LogP) is 3.80. The fraction of sp³-hybridized carbons (Fsp3) is 0.150. The SMILES string of the molecule is COc1ccc(C(=O)Nc2ccc(Nc3cc(C)ncn3)cc2)cc1OC. The lowest BCUT2D eigenvalue weighted by atomic mass is 10.1. The fourth-order valence-electron chi connectivity index (χ4n) is 2.49. The van der Waals surface area contributed by atoms with Crippen LogP contribution in [0.5, 0.6) is 11.5 Å². The third-order valence-corrected chi connectivity index (χ3v) is 3.86. The molecule has 1 amide bonds. The lowest BCUT2D eigenvalue weighted by molar-refractivity contribution is 0.102. The van der Waals surface area contributed by atoms with Gasteiger partial charge in [-0.15, -0.1) is 0 Å². The molecular weight excluding hydrogens is 344 g/mol. The van der Waals surface area contributed by atoms with Crippen LogP contribution in [0.25, 0.3) is 0 Å². The molecule has 0 aliphatic rings. The second-order valence-electron chi connectivity index (χ2n) is 5.77. The quantitative estimate of drug-likeness (QED) is 0.692. The van der Waals surface area contributed by atoms with Gasteiger partial charge in [-0.1, -0.05) is 0 Å². The molecule has 0 radical (unpaired) electrons. The number of benzene rings is 2. The Kier molecular flexibility index (Phi) is 5.51. The molecule has 2 aromatic carbocycles. The number of carbonyl (C=O) groups excluding carboxylic acids is 1. The Morgan fingerprint density at radius 1 is 0.889 bits per heavy atom. The van der Waals surface area contributed by atoms with E-state index in [9.17, 15) is 4.79 Å². The van der Waals surface area contributed by atoms with E-state index in [1.54, 1.807) is 25.3 Å². The monoisotopic (exact) mass is 364 g/mol. The fourth-order valence-corrected chi connectivity index (χ4v) is 2.49. The molecule has 7 heteroatoms. The second kappa shape index (κ2) is 8.18. The first-order valence-electron chi connectivity index (χ1n) is 8.28. The number of nitrogens with one attached hydrogen (secondary N) is 2. The molecule has 0 saturated heterocycles. The topological polar surface area (TPSA) is 85.4 Å². The van der Waals surface area contributed by atoms with Crippen molar-refractivity contribution in [3.8, 4) is 11.5 Å². The summed E-state index contributed by atoms with van der Waals surface area (Å²) >= 11 is 0. The molecule has 0 fully saturated rings. The van der Waals surface area contributed by atoms with E-state index in [4.69, 9.17) is 9.47 Å². The van der Waals surface area contributed by atoms with Crippen molar-refractivity contribution in [2.45, 2.75) is 6.92 Å². The number of nitrogens with zero attached hydrogens (tertiary/aromatic N) is 2. The lowest BCUT2D eigenvalue weighted by Gasteiger charge is -2.11. The molecule has 0 atom stereocenters. The number of rotatable bonds is 6. The molecule has 0 bridgehead atoms. The van der Waals surface area contributed by atoms with Crippen molar-refractivity contribution in [3.05, 3.63) is 66.1 Å². The summed E-state index contributed by atoms with van der Waals surface area (Å²) in [4.78, 5) is 20.7. The number of aromatic nitrogens is 2. The minimum absolute atomic E-state index is 0.233. The van der Waals surface area contributed by atoms with Crippen molar-refractivity contribution in [1.82, 2.24) is 9.97 Å². The highest BCUT2D eigenvalue weighted by Gasteiger charge is 2.11. The maximum absolute atomic E-state index is 12.5. The highest BCUT2D eigenvalue weighted by Crippen LogP contribution is 2.28. The molecular formula is C20H20N4O3. The van der Waals surface area contributed by atoms with Crippen LogP contribution in [-0.2, 0) is 0 Å². The standard InChI is InChI=1S/C20H20N4O3/c1-13-10-19(22-12-21-13)23-15-5-7-16(8-6-15)24-20(25)14-4-9-17(26-2)18(11-14)27-3/h4-12H,1-3H3,(H,24,25)(H,21,22,23). The molecule has 1 heterocycles. The van der Waals surface area contributed by atoms with Gasteiger partial charge >= 0.3 is 0 Å². The Morgan fingerprint density at radius 3 is 2.26 bits per heavy atom. The van der Waals surface area contributed by atoms with Crippen LogP contribution in [-0.4, -0.2) is 30.1 Å². The third-order valence-electron chi connectivity index (χ3n) is 3.86. The van der Waals surface area contributed by atoms with Crippen LogP contribution in [0.3, 0.4) is 0 Å². The van der Waals surface area contributed by atoms with Crippen molar-refractivity contribution < 1.29 is 14.3 Å². The van der Waals surface area contributed by atoms with Crippen LogP contribution < -0.4 is 20.1 Å². The number of hydrogen-bond donors (Lipinski definition) is 2. The van der Waals surface area contributed by atoms with E-state index in [1.807, 2.05) is 37.3 Å². The van der Waals surface area contributed by atoms with Crippen molar-refractivity contribution in [1.29, 1.82) is 0 Å². The summed E-state index contributed by atoms with van der Waals surface area (Å²) in [6.07, 6.45) is 1.51. The molecule has 3 aromatic rings. The Bertz CT molecular complexity index is 942. The molecule has 0 aliphatic carbocycles. The smallest absolute Gasteiger partial charge is 0.255 e. The van der Waals surface area contributed by atoms with E-state index >= 15 is 0 Å². The van der Waals surface area contributed by atoms with Gasteiger partial charge < -0.3 is 20.1 Å². The van der Waals surface area contributed by atoms with E-state index in [1.165, 1.54) is 13.4 Å². The average molecular weight is 364 g/mol. The molecule has 0 saturated carbocycles. The van der Waals surface area contributed by atoms with Gasteiger partial charge in [-0.25, -0.2) is 9.97 Å². The molecule has 0 unspecified atom stereocenters. The summed E-state index contributed by atoms with van der Waals surface area (Å²) < 4.78 is 10.4. The number of hydrogen-bond acceptors (Lipinski definition) is 6. The third kappa shape index (κ3) is 4.52. The van der Waals surface area contributed by atoms with Gasteiger partial charge in [0.15, 0.2) is 11.5 Å². The first-order valence-corrected chi connectivity index (χ1v) is 8.28. The van der Waals surface area contributed by atoms with Gasteiger partial charge in [0.25, 0.3) is 5.91 Å². The number of amides is 1. The Balaban J connectivity index is 1.68. The number of aryl methyl sites for hydroxylation is 1. The van der Waals surface area contributed by atoms with Gasteiger partial charge in [0.2, 0.25) is 0 Å². The van der Waals surface area contributed by atoms with E-state index in [0.29, 0.717) is 28.6 Å². The predicted molar refractivity (Wildman–Crippen MR) is 104 cm³/mol. The number of ether oxygens (including phenoxy) is 2. The highest BCUT2D eigenvalue weighted by atomic mass is 16.5. The minimum atomic E-state index is -0.233. The van der Waals surface area contributed by atoms with E-state index < -0.39 is 0 Å². The molecule has 7 nitrogen and oxygen atoms in total. The van der Waals surface area contributed by atoms with Crippen molar-refractivity contribution >= 4 is 23.1 Å². The summed E-state index contributed by atoms with van der Waals surface area (Å²) in [5.41, 5.74) is 2.90. The minimum Gasteiger partial charge on any atom is -0.493 e. The Hall–Kier alpha value is -3.61. The summed E-state index contributed by atoms with van der Waals surface area (Å²) in [6.45, 7) is 1.90.